The predicted molar refractivity (Wildman–Crippen MR) is 119 cm³/mol. The zero-order valence-electron chi connectivity index (χ0n) is 17.8. The number of nitrogens with zero attached hydrogens (tertiary/aromatic N) is 1. The van der Waals surface area contributed by atoms with Crippen molar-refractivity contribution in [2.24, 2.45) is 10.7 Å². The van der Waals surface area contributed by atoms with E-state index >= 15 is 0 Å². The molecule has 1 aliphatic heterocycles. The van der Waals surface area contributed by atoms with E-state index in [0.29, 0.717) is 11.3 Å². The summed E-state index contributed by atoms with van der Waals surface area (Å²) >= 11 is 6.02. The summed E-state index contributed by atoms with van der Waals surface area (Å²) in [6.07, 6.45) is -3.67. The third-order valence-electron chi connectivity index (χ3n) is 4.19. The Balaban J connectivity index is 0.00000166. The molecule has 3 N–H and O–H groups in total. The maximum atomic E-state index is 13.3. The van der Waals surface area contributed by atoms with Crippen molar-refractivity contribution in [3.63, 3.8) is 0 Å². The van der Waals surface area contributed by atoms with E-state index in [4.69, 9.17) is 17.3 Å². The molecule has 166 valence electrons. The van der Waals surface area contributed by atoms with Crippen molar-refractivity contribution in [3.05, 3.63) is 52.7 Å². The number of halogens is 3. The van der Waals surface area contributed by atoms with Crippen LogP contribution in [0.2, 0.25) is 0 Å². The van der Waals surface area contributed by atoms with E-state index < -0.39 is 12.2 Å². The topological polar surface area (TPSA) is 85.9 Å². The van der Waals surface area contributed by atoms with E-state index in [1.165, 1.54) is 19.2 Å². The number of amides is 1. The molecule has 0 saturated heterocycles. The van der Waals surface area contributed by atoms with Crippen LogP contribution in [0, 0.1) is 6.92 Å². The maximum absolute atomic E-state index is 13.3. The van der Waals surface area contributed by atoms with E-state index in [0.717, 1.165) is 11.1 Å². The Morgan fingerprint density at radius 2 is 1.68 bits per heavy atom. The predicted octanol–water partition coefficient (Wildman–Crippen LogP) is 5.45. The number of nitrogens with one attached hydrogen (secondary N) is 1. The van der Waals surface area contributed by atoms with Crippen LogP contribution in [0.4, 0.5) is 14.5 Å². The number of anilines is 1. The Hall–Kier alpha value is -3.13. The molecule has 0 aromatic heterocycles. The van der Waals surface area contributed by atoms with Gasteiger partial charge in [0.05, 0.1) is 5.03 Å². The van der Waals surface area contributed by atoms with Gasteiger partial charge in [-0.05, 0) is 54.8 Å². The van der Waals surface area contributed by atoms with Gasteiger partial charge in [-0.1, -0.05) is 37.6 Å². The number of benzene rings is 2. The van der Waals surface area contributed by atoms with Crippen molar-refractivity contribution < 1.29 is 23.0 Å². The van der Waals surface area contributed by atoms with Crippen molar-refractivity contribution in [1.29, 1.82) is 0 Å². The SMILES string of the molecule is CC.CN=C(C(=O)Nc1ccc(-c2cc3c(cc2C)OC(F)(F)O3)cc1)/C(Cl)=C(/C)N. The van der Waals surface area contributed by atoms with Gasteiger partial charge in [0.2, 0.25) is 0 Å². The Bertz CT molecular complexity index is 1030. The number of hydrogen-bond donors (Lipinski definition) is 2. The first kappa shape index (κ1) is 24.1. The molecule has 0 fully saturated rings. The minimum absolute atomic E-state index is 0.00773. The van der Waals surface area contributed by atoms with Crippen LogP contribution in [0.5, 0.6) is 11.5 Å². The van der Waals surface area contributed by atoms with Crippen molar-refractivity contribution in [1.82, 2.24) is 0 Å². The number of allylic oxidation sites excluding steroid dienone is 1. The average Bonchev–Trinajstić information content (AvgIpc) is 3.02. The van der Waals surface area contributed by atoms with Gasteiger partial charge in [-0.15, -0.1) is 8.78 Å². The molecule has 0 bridgehead atoms. The number of hydrogen-bond acceptors (Lipinski definition) is 5. The molecular formula is C22H24ClF2N3O3. The van der Waals surface area contributed by atoms with Crippen LogP contribution in [-0.2, 0) is 4.79 Å². The van der Waals surface area contributed by atoms with Gasteiger partial charge in [0.15, 0.2) is 11.5 Å². The highest BCUT2D eigenvalue weighted by Crippen LogP contribution is 2.44. The molecular weight excluding hydrogens is 428 g/mol. The van der Waals surface area contributed by atoms with E-state index in [9.17, 15) is 13.6 Å². The lowest BCUT2D eigenvalue weighted by Gasteiger charge is -2.10. The van der Waals surface area contributed by atoms with Gasteiger partial charge in [0.1, 0.15) is 5.71 Å². The molecule has 31 heavy (non-hydrogen) atoms. The van der Waals surface area contributed by atoms with Gasteiger partial charge in [-0.25, -0.2) is 0 Å². The average molecular weight is 452 g/mol. The standard InChI is InChI=1S/C20H18ClF2N3O3.C2H6/c1-10-8-15-16(29-20(22,23)28-15)9-14(10)12-4-6-13(7-5-12)26-19(27)18(25-3)17(21)11(2)24;1-2/h4-9H,24H2,1-3H3,(H,26,27);1-2H3/b17-11+,25-18?;. The Morgan fingerprint density at radius 3 is 2.19 bits per heavy atom. The minimum Gasteiger partial charge on any atom is -0.401 e. The van der Waals surface area contributed by atoms with Crippen LogP contribution in [0.15, 0.2) is 52.1 Å². The first-order chi connectivity index (χ1) is 14.6. The number of carbonyl (C=O) groups excluding carboxylic acids is 1. The Morgan fingerprint density at radius 1 is 1.13 bits per heavy atom. The molecule has 0 spiro atoms. The highest BCUT2D eigenvalue weighted by molar-refractivity contribution is 6.61. The number of aliphatic imine (C=N–C) groups is 1. The molecule has 1 aliphatic rings. The number of ether oxygens (including phenoxy) is 2. The smallest absolute Gasteiger partial charge is 0.401 e. The molecule has 0 saturated carbocycles. The molecule has 0 radical (unpaired) electrons. The minimum atomic E-state index is -3.67. The van der Waals surface area contributed by atoms with E-state index in [1.807, 2.05) is 13.8 Å². The lowest BCUT2D eigenvalue weighted by molar-refractivity contribution is -0.286. The summed E-state index contributed by atoms with van der Waals surface area (Å²) in [5.74, 6) is -0.543. The van der Waals surface area contributed by atoms with E-state index in [-0.39, 0.29) is 27.9 Å². The van der Waals surface area contributed by atoms with Gasteiger partial charge in [0, 0.05) is 18.4 Å². The highest BCUT2D eigenvalue weighted by atomic mass is 35.5. The van der Waals surface area contributed by atoms with Crippen LogP contribution < -0.4 is 20.5 Å². The highest BCUT2D eigenvalue weighted by Gasteiger charge is 2.43. The van der Waals surface area contributed by atoms with Crippen molar-refractivity contribution in [3.8, 4) is 22.6 Å². The van der Waals surface area contributed by atoms with Gasteiger partial charge in [0.25, 0.3) is 5.91 Å². The lowest BCUT2D eigenvalue weighted by atomic mass is 9.99. The second kappa shape index (κ2) is 9.78. The summed E-state index contributed by atoms with van der Waals surface area (Å²) in [5.41, 5.74) is 8.60. The molecule has 3 rings (SSSR count). The first-order valence-electron chi connectivity index (χ1n) is 9.52. The van der Waals surface area contributed by atoms with Crippen molar-refractivity contribution in [2.45, 2.75) is 34.0 Å². The molecule has 1 heterocycles. The summed E-state index contributed by atoms with van der Waals surface area (Å²) in [5, 5.41) is 2.76. The fraction of sp³-hybridized carbons (Fsp3) is 0.273. The zero-order valence-corrected chi connectivity index (χ0v) is 18.6. The number of aryl methyl sites for hydroxylation is 1. The van der Waals surface area contributed by atoms with Crippen LogP contribution >= 0.6 is 11.6 Å². The molecule has 6 nitrogen and oxygen atoms in total. The van der Waals surface area contributed by atoms with E-state index in [1.54, 1.807) is 38.1 Å². The fourth-order valence-electron chi connectivity index (χ4n) is 2.82. The maximum Gasteiger partial charge on any atom is 0.586 e. The quantitative estimate of drug-likeness (QED) is 0.605. The van der Waals surface area contributed by atoms with Crippen LogP contribution in [-0.4, -0.2) is 25.0 Å². The molecule has 0 unspecified atom stereocenters. The normalized spacial score (nSPS) is 14.9. The molecule has 2 aromatic carbocycles. The van der Waals surface area contributed by atoms with Gasteiger partial charge < -0.3 is 20.5 Å². The largest absolute Gasteiger partial charge is 0.586 e. The third-order valence-corrected chi connectivity index (χ3v) is 4.67. The van der Waals surface area contributed by atoms with Crippen molar-refractivity contribution in [2.75, 3.05) is 12.4 Å². The lowest BCUT2D eigenvalue weighted by Crippen LogP contribution is -2.25. The molecule has 0 atom stereocenters. The molecule has 0 aliphatic carbocycles. The Labute approximate surface area is 184 Å². The zero-order chi connectivity index (χ0) is 23.3. The molecule has 2 aromatic rings. The first-order valence-corrected chi connectivity index (χ1v) is 9.90. The summed E-state index contributed by atoms with van der Waals surface area (Å²) in [7, 11) is 1.44. The van der Waals surface area contributed by atoms with Gasteiger partial charge in [-0.3, -0.25) is 9.79 Å². The number of carbonyl (C=O) groups is 1. The van der Waals surface area contributed by atoms with Crippen LogP contribution in [0.25, 0.3) is 11.1 Å². The third kappa shape index (κ3) is 5.52. The van der Waals surface area contributed by atoms with Gasteiger partial charge in [-0.2, -0.15) is 0 Å². The van der Waals surface area contributed by atoms with E-state index in [2.05, 4.69) is 19.8 Å². The monoisotopic (exact) mass is 451 g/mol. The number of fused-ring (bicyclic) bond motifs is 1. The van der Waals surface area contributed by atoms with Crippen LogP contribution in [0.3, 0.4) is 0 Å². The van der Waals surface area contributed by atoms with Crippen LogP contribution in [0.1, 0.15) is 26.3 Å². The second-order valence-corrected chi connectivity index (χ2v) is 6.76. The number of alkyl halides is 2. The summed E-state index contributed by atoms with van der Waals surface area (Å²) in [6, 6.07) is 9.82. The summed E-state index contributed by atoms with van der Waals surface area (Å²) < 4.78 is 35.5. The molecule has 9 heteroatoms. The number of nitrogens with two attached hydrogens (primary N) is 1. The number of rotatable bonds is 4. The second-order valence-electron chi connectivity index (χ2n) is 6.38. The van der Waals surface area contributed by atoms with Gasteiger partial charge >= 0.3 is 6.29 Å². The van der Waals surface area contributed by atoms with Crippen molar-refractivity contribution >= 4 is 28.9 Å². The molecule has 1 amide bonds. The fourth-order valence-corrected chi connectivity index (χ4v) is 2.99. The summed E-state index contributed by atoms with van der Waals surface area (Å²) in [4.78, 5) is 16.2. The Kier molecular flexibility index (Phi) is 7.62. The summed E-state index contributed by atoms with van der Waals surface area (Å²) in [6.45, 7) is 7.34.